The van der Waals surface area contributed by atoms with Crippen LogP contribution in [0.2, 0.25) is 0 Å². The quantitative estimate of drug-likeness (QED) is 0.741. The van der Waals surface area contributed by atoms with Gasteiger partial charge in [0.05, 0.1) is 0 Å². The van der Waals surface area contributed by atoms with Crippen LogP contribution in [0.25, 0.3) is 11.1 Å². The first-order valence-corrected chi connectivity index (χ1v) is 8.18. The Morgan fingerprint density at radius 2 is 1.59 bits per heavy atom. The molecule has 2 rings (SSSR count). The van der Waals surface area contributed by atoms with Crippen molar-refractivity contribution in [2.45, 2.75) is 19.3 Å². The van der Waals surface area contributed by atoms with E-state index in [2.05, 4.69) is 85.8 Å². The summed E-state index contributed by atoms with van der Waals surface area (Å²) in [4.78, 5) is 2.21. The lowest BCUT2D eigenvalue weighted by Crippen LogP contribution is -2.27. The average molecular weight is 296 g/mol. The smallest absolute Gasteiger partial charge is 0.0101 e. The van der Waals surface area contributed by atoms with E-state index in [9.17, 15) is 0 Å². The normalized spacial score (nSPS) is 12.5. The Hall–Kier alpha value is -1.64. The number of likely N-dealkylation sites (N-methyl/N-ethyl adjacent to an activating group) is 1. The molecule has 0 spiro atoms. The van der Waals surface area contributed by atoms with Crippen LogP contribution in [-0.4, -0.2) is 38.6 Å². The Balaban J connectivity index is 1.97. The van der Waals surface area contributed by atoms with Crippen LogP contribution >= 0.6 is 0 Å². The molecule has 0 saturated heterocycles. The molecule has 0 saturated carbocycles. The van der Waals surface area contributed by atoms with Crippen LogP contribution in [0.5, 0.6) is 0 Å². The van der Waals surface area contributed by atoms with Crippen LogP contribution in [0.15, 0.2) is 54.6 Å². The zero-order valence-corrected chi connectivity index (χ0v) is 14.0. The molecule has 118 valence electrons. The molecule has 22 heavy (non-hydrogen) atoms. The van der Waals surface area contributed by atoms with E-state index < -0.39 is 0 Å². The lowest BCUT2D eigenvalue weighted by molar-refractivity contribution is 0.398. The highest BCUT2D eigenvalue weighted by molar-refractivity contribution is 5.67. The fourth-order valence-electron chi connectivity index (χ4n) is 2.71. The Kier molecular flexibility index (Phi) is 6.63. The van der Waals surface area contributed by atoms with Crippen molar-refractivity contribution in [2.75, 3.05) is 33.7 Å². The van der Waals surface area contributed by atoms with Gasteiger partial charge in [-0.2, -0.15) is 0 Å². The molecule has 1 atom stereocenters. The maximum absolute atomic E-state index is 3.53. The Bertz CT molecular complexity index is 549. The lowest BCUT2D eigenvalue weighted by atomic mass is 9.90. The summed E-state index contributed by atoms with van der Waals surface area (Å²) in [6.07, 6.45) is 1.16. The summed E-state index contributed by atoms with van der Waals surface area (Å²) in [5.74, 6) is 0.559. The van der Waals surface area contributed by atoms with Crippen LogP contribution in [0.1, 0.15) is 24.8 Å². The summed E-state index contributed by atoms with van der Waals surface area (Å²) in [6.45, 7) is 5.54. The van der Waals surface area contributed by atoms with E-state index in [-0.39, 0.29) is 0 Å². The van der Waals surface area contributed by atoms with E-state index in [0.717, 1.165) is 26.1 Å². The van der Waals surface area contributed by atoms with Gasteiger partial charge in [-0.1, -0.05) is 61.5 Å². The molecule has 0 aromatic heterocycles. The number of hydrogen-bond donors (Lipinski definition) is 1. The number of nitrogens with zero attached hydrogens (tertiary/aromatic N) is 1. The largest absolute Gasteiger partial charge is 0.315 e. The highest BCUT2D eigenvalue weighted by atomic mass is 15.1. The standard InChI is InChI=1S/C20H28N2/c1-17(13-14-21-15-16-22(2)3)19-11-7-8-12-20(19)18-9-5-4-6-10-18/h4-12,17,21H,13-16H2,1-3H3. The second-order valence-electron chi connectivity index (χ2n) is 6.20. The van der Waals surface area contributed by atoms with Gasteiger partial charge in [0.1, 0.15) is 0 Å². The number of nitrogens with one attached hydrogen (secondary N) is 1. The molecular formula is C20H28N2. The molecule has 1 N–H and O–H groups in total. The predicted octanol–water partition coefficient (Wildman–Crippen LogP) is 4.00. The van der Waals surface area contributed by atoms with Crippen molar-refractivity contribution in [1.29, 1.82) is 0 Å². The molecule has 0 fully saturated rings. The van der Waals surface area contributed by atoms with Gasteiger partial charge < -0.3 is 10.2 Å². The van der Waals surface area contributed by atoms with Gasteiger partial charge in [-0.25, -0.2) is 0 Å². The van der Waals surface area contributed by atoms with Gasteiger partial charge in [0.15, 0.2) is 0 Å². The molecule has 2 aromatic rings. The highest BCUT2D eigenvalue weighted by Gasteiger charge is 2.11. The molecule has 0 radical (unpaired) electrons. The van der Waals surface area contributed by atoms with E-state index in [1.807, 2.05) is 0 Å². The van der Waals surface area contributed by atoms with Crippen molar-refractivity contribution in [3.05, 3.63) is 60.2 Å². The molecule has 0 aliphatic carbocycles. The molecule has 2 heteroatoms. The predicted molar refractivity (Wildman–Crippen MR) is 96.3 cm³/mol. The van der Waals surface area contributed by atoms with E-state index in [1.54, 1.807) is 0 Å². The first-order valence-electron chi connectivity index (χ1n) is 8.18. The van der Waals surface area contributed by atoms with Crippen LogP contribution < -0.4 is 5.32 Å². The SMILES string of the molecule is CC(CCNCCN(C)C)c1ccccc1-c1ccccc1. The van der Waals surface area contributed by atoms with Gasteiger partial charge >= 0.3 is 0 Å². The van der Waals surface area contributed by atoms with Gasteiger partial charge in [-0.3, -0.25) is 0 Å². The van der Waals surface area contributed by atoms with E-state index in [0.29, 0.717) is 5.92 Å². The van der Waals surface area contributed by atoms with Crippen molar-refractivity contribution >= 4 is 0 Å². The minimum atomic E-state index is 0.559. The fraction of sp³-hybridized carbons (Fsp3) is 0.400. The van der Waals surface area contributed by atoms with Crippen molar-refractivity contribution < 1.29 is 0 Å². The van der Waals surface area contributed by atoms with Crippen molar-refractivity contribution in [3.63, 3.8) is 0 Å². The maximum atomic E-state index is 3.53. The molecule has 0 heterocycles. The first-order chi connectivity index (χ1) is 10.7. The van der Waals surface area contributed by atoms with Crippen molar-refractivity contribution in [3.8, 4) is 11.1 Å². The van der Waals surface area contributed by atoms with E-state index in [4.69, 9.17) is 0 Å². The molecular weight excluding hydrogens is 268 g/mol. The first kappa shape index (κ1) is 16.7. The second kappa shape index (κ2) is 8.72. The number of hydrogen-bond acceptors (Lipinski definition) is 2. The number of rotatable bonds is 8. The van der Waals surface area contributed by atoms with Crippen LogP contribution in [-0.2, 0) is 0 Å². The topological polar surface area (TPSA) is 15.3 Å². The summed E-state index contributed by atoms with van der Waals surface area (Å²) in [6, 6.07) is 19.5. The molecule has 0 aliphatic rings. The highest BCUT2D eigenvalue weighted by Crippen LogP contribution is 2.30. The monoisotopic (exact) mass is 296 g/mol. The van der Waals surface area contributed by atoms with Crippen LogP contribution in [0.3, 0.4) is 0 Å². The third-order valence-electron chi connectivity index (χ3n) is 4.07. The van der Waals surface area contributed by atoms with Gasteiger partial charge in [0.2, 0.25) is 0 Å². The summed E-state index contributed by atoms with van der Waals surface area (Å²) in [5, 5.41) is 3.53. The van der Waals surface area contributed by atoms with Crippen LogP contribution in [0.4, 0.5) is 0 Å². The lowest BCUT2D eigenvalue weighted by Gasteiger charge is -2.17. The van der Waals surface area contributed by atoms with Gasteiger partial charge in [-0.05, 0) is 49.7 Å². The Labute approximate surface area is 135 Å². The second-order valence-corrected chi connectivity index (χ2v) is 6.20. The van der Waals surface area contributed by atoms with Gasteiger partial charge in [0.25, 0.3) is 0 Å². The Morgan fingerprint density at radius 3 is 2.32 bits per heavy atom. The minimum absolute atomic E-state index is 0.559. The average Bonchev–Trinajstić information content (AvgIpc) is 2.55. The summed E-state index contributed by atoms with van der Waals surface area (Å²) in [7, 11) is 4.22. The van der Waals surface area contributed by atoms with Gasteiger partial charge in [0, 0.05) is 13.1 Å². The molecule has 0 amide bonds. The zero-order chi connectivity index (χ0) is 15.8. The zero-order valence-electron chi connectivity index (χ0n) is 14.0. The van der Waals surface area contributed by atoms with E-state index >= 15 is 0 Å². The van der Waals surface area contributed by atoms with Crippen molar-refractivity contribution in [1.82, 2.24) is 10.2 Å². The molecule has 0 aliphatic heterocycles. The third-order valence-corrected chi connectivity index (χ3v) is 4.07. The summed E-state index contributed by atoms with van der Waals surface area (Å²) in [5.41, 5.74) is 4.12. The maximum Gasteiger partial charge on any atom is 0.0101 e. The van der Waals surface area contributed by atoms with Crippen LogP contribution in [0, 0.1) is 0 Å². The Morgan fingerprint density at radius 1 is 0.909 bits per heavy atom. The van der Waals surface area contributed by atoms with E-state index in [1.165, 1.54) is 16.7 Å². The summed E-state index contributed by atoms with van der Waals surface area (Å²) >= 11 is 0. The minimum Gasteiger partial charge on any atom is -0.315 e. The molecule has 2 aromatic carbocycles. The van der Waals surface area contributed by atoms with Gasteiger partial charge in [-0.15, -0.1) is 0 Å². The summed E-state index contributed by atoms with van der Waals surface area (Å²) < 4.78 is 0. The molecule has 2 nitrogen and oxygen atoms in total. The molecule has 0 bridgehead atoms. The van der Waals surface area contributed by atoms with Crippen molar-refractivity contribution in [2.24, 2.45) is 0 Å². The third kappa shape index (κ3) is 4.97. The molecule has 1 unspecified atom stereocenters. The number of benzene rings is 2. The fourth-order valence-corrected chi connectivity index (χ4v) is 2.71.